The molecule has 0 fully saturated rings. The summed E-state index contributed by atoms with van der Waals surface area (Å²) in [5.74, 6) is -4.30. The highest BCUT2D eigenvalue weighted by Crippen LogP contribution is 2.27. The number of aryl methyl sites for hydroxylation is 1. The van der Waals surface area contributed by atoms with Crippen molar-refractivity contribution in [2.75, 3.05) is 6.54 Å². The molecule has 0 saturated heterocycles. The Labute approximate surface area is 285 Å². The SMILES string of the molecule is CC1=C(C(N)=O)C(=O)N(CCc2ccc(S(=O)O)cc2)C(=O)C1=CC=Cc1c(C)c(C(N)=O)c(O)n(CCc2ccc(S(=O)O)cc2)c1=O. The highest BCUT2D eigenvalue weighted by atomic mass is 32.2. The van der Waals surface area contributed by atoms with Crippen LogP contribution in [0.1, 0.15) is 39.5 Å². The molecule has 0 bridgehead atoms. The summed E-state index contributed by atoms with van der Waals surface area (Å²) in [6.07, 6.45) is 4.27. The number of aromatic nitrogens is 1. The minimum atomic E-state index is -2.18. The number of amides is 4. The Bertz CT molecular complexity index is 2060. The van der Waals surface area contributed by atoms with Gasteiger partial charge in [-0.05, 0) is 85.4 Å². The van der Waals surface area contributed by atoms with E-state index in [2.05, 4.69) is 0 Å². The van der Waals surface area contributed by atoms with E-state index >= 15 is 0 Å². The molecule has 2 heterocycles. The van der Waals surface area contributed by atoms with Crippen LogP contribution in [0.4, 0.5) is 0 Å². The zero-order chi connectivity index (χ0) is 36.2. The highest BCUT2D eigenvalue weighted by Gasteiger charge is 2.37. The van der Waals surface area contributed by atoms with Crippen LogP contribution in [0.15, 0.2) is 92.0 Å². The third-order valence-electron chi connectivity index (χ3n) is 7.96. The molecule has 3 aromatic rings. The first-order chi connectivity index (χ1) is 23.1. The molecule has 49 heavy (non-hydrogen) atoms. The van der Waals surface area contributed by atoms with Gasteiger partial charge in [0, 0.05) is 24.2 Å². The number of nitrogens with zero attached hydrogens (tertiary/aromatic N) is 2. The molecule has 4 rings (SSSR count). The standard InChI is InChI=1S/C33H32N4O10S2/c1-18-24(30(40)36(32(42)26(18)28(34)38)16-14-20-6-10-22(11-7-20)48(44)45)4-3-5-25-19(2)27(29(35)39)33(43)37(31(25)41)17-15-21-8-12-23(13-9-21)49(46)47/h3-13,42H,14-17H2,1-2H3,(H2,34,38)(H2,35,39)(H,44,45)(H,46,47). The molecular formula is C33H32N4O10S2. The van der Waals surface area contributed by atoms with Crippen molar-refractivity contribution in [2.24, 2.45) is 11.5 Å². The maximum atomic E-state index is 13.6. The van der Waals surface area contributed by atoms with Crippen molar-refractivity contribution in [3.05, 3.63) is 116 Å². The lowest BCUT2D eigenvalue weighted by molar-refractivity contribution is -0.141. The van der Waals surface area contributed by atoms with E-state index in [1.54, 1.807) is 24.3 Å². The normalized spacial score (nSPS) is 15.7. The highest BCUT2D eigenvalue weighted by molar-refractivity contribution is 7.79. The topological polar surface area (TPSA) is 240 Å². The van der Waals surface area contributed by atoms with Gasteiger partial charge in [-0.1, -0.05) is 30.3 Å². The Morgan fingerprint density at radius 3 is 1.78 bits per heavy atom. The van der Waals surface area contributed by atoms with Crippen LogP contribution >= 0.6 is 0 Å². The van der Waals surface area contributed by atoms with Gasteiger partial charge in [0.15, 0.2) is 22.2 Å². The summed E-state index contributed by atoms with van der Waals surface area (Å²) in [7, 11) is 0. The van der Waals surface area contributed by atoms with Gasteiger partial charge in [-0.3, -0.25) is 33.4 Å². The van der Waals surface area contributed by atoms with Gasteiger partial charge in [0.25, 0.3) is 29.2 Å². The first-order valence-corrected chi connectivity index (χ1v) is 16.8. The number of pyridine rings is 1. The number of nitrogens with two attached hydrogens (primary N) is 2. The van der Waals surface area contributed by atoms with Crippen LogP contribution < -0.4 is 17.0 Å². The lowest BCUT2D eigenvalue weighted by atomic mass is 9.93. The van der Waals surface area contributed by atoms with E-state index in [4.69, 9.17) is 11.5 Å². The van der Waals surface area contributed by atoms with Crippen LogP contribution in [0.5, 0.6) is 5.88 Å². The van der Waals surface area contributed by atoms with E-state index in [0.29, 0.717) is 11.1 Å². The quantitative estimate of drug-likeness (QED) is 0.0790. The van der Waals surface area contributed by atoms with E-state index in [0.717, 1.165) is 9.47 Å². The Hall–Kier alpha value is -5.29. The van der Waals surface area contributed by atoms with Crippen LogP contribution in [0.2, 0.25) is 0 Å². The van der Waals surface area contributed by atoms with Gasteiger partial charge in [0.1, 0.15) is 11.1 Å². The summed E-state index contributed by atoms with van der Waals surface area (Å²) in [4.78, 5) is 66.1. The number of hydrogen-bond acceptors (Lipinski definition) is 8. The molecule has 0 radical (unpaired) electrons. The van der Waals surface area contributed by atoms with Crippen molar-refractivity contribution >= 4 is 51.9 Å². The predicted octanol–water partition coefficient (Wildman–Crippen LogP) is 1.72. The van der Waals surface area contributed by atoms with Gasteiger partial charge in [0.05, 0.1) is 9.79 Å². The van der Waals surface area contributed by atoms with E-state index in [9.17, 15) is 46.6 Å². The fourth-order valence-electron chi connectivity index (χ4n) is 5.32. The van der Waals surface area contributed by atoms with E-state index in [-0.39, 0.29) is 63.6 Å². The Balaban J connectivity index is 1.68. The molecule has 14 nitrogen and oxygen atoms in total. The smallest absolute Gasteiger partial charge is 0.266 e. The van der Waals surface area contributed by atoms with Gasteiger partial charge in [-0.2, -0.15) is 0 Å². The maximum Gasteiger partial charge on any atom is 0.266 e. The average molecular weight is 709 g/mol. The van der Waals surface area contributed by atoms with Crippen LogP contribution in [0.25, 0.3) is 6.08 Å². The number of primary amides is 2. The van der Waals surface area contributed by atoms with Crippen molar-refractivity contribution < 1.29 is 41.8 Å². The van der Waals surface area contributed by atoms with Crippen LogP contribution in [0.3, 0.4) is 0 Å². The van der Waals surface area contributed by atoms with Crippen molar-refractivity contribution in [3.8, 4) is 5.88 Å². The summed E-state index contributed by atoms with van der Waals surface area (Å²) < 4.78 is 42.0. The van der Waals surface area contributed by atoms with Gasteiger partial charge in [-0.15, -0.1) is 0 Å². The Morgan fingerprint density at radius 1 is 0.796 bits per heavy atom. The monoisotopic (exact) mass is 708 g/mol. The molecule has 7 N–H and O–H groups in total. The summed E-state index contributed by atoms with van der Waals surface area (Å²) in [6.45, 7) is 2.57. The first-order valence-electron chi connectivity index (χ1n) is 14.5. The second-order valence-corrected chi connectivity index (χ2v) is 12.8. The number of allylic oxidation sites excluding steroid dienone is 2. The molecular weight excluding hydrogens is 677 g/mol. The first kappa shape index (κ1) is 36.5. The summed E-state index contributed by atoms with van der Waals surface area (Å²) in [5.41, 5.74) is 11.0. The van der Waals surface area contributed by atoms with Crippen molar-refractivity contribution in [1.29, 1.82) is 0 Å². The van der Waals surface area contributed by atoms with Crippen LogP contribution in [-0.4, -0.2) is 62.3 Å². The molecule has 1 aliphatic rings. The number of imide groups is 1. The lowest BCUT2D eigenvalue weighted by Crippen LogP contribution is -2.46. The maximum absolute atomic E-state index is 13.6. The largest absolute Gasteiger partial charge is 0.494 e. The summed E-state index contributed by atoms with van der Waals surface area (Å²) >= 11 is -4.34. The van der Waals surface area contributed by atoms with Crippen molar-refractivity contribution in [2.45, 2.75) is 43.0 Å². The van der Waals surface area contributed by atoms with E-state index in [1.165, 1.54) is 56.3 Å². The average Bonchev–Trinajstić information content (AvgIpc) is 3.03. The number of rotatable bonds is 12. The number of hydrogen-bond donors (Lipinski definition) is 5. The molecule has 0 saturated carbocycles. The Morgan fingerprint density at radius 2 is 1.31 bits per heavy atom. The zero-order valence-corrected chi connectivity index (χ0v) is 27.9. The molecule has 256 valence electrons. The second-order valence-electron chi connectivity index (χ2n) is 10.9. The minimum absolute atomic E-state index is 0.0203. The minimum Gasteiger partial charge on any atom is -0.494 e. The van der Waals surface area contributed by atoms with Crippen LogP contribution in [0, 0.1) is 6.92 Å². The number of aromatic hydroxyl groups is 1. The predicted molar refractivity (Wildman–Crippen MR) is 180 cm³/mol. The lowest BCUT2D eigenvalue weighted by Gasteiger charge is -2.28. The molecule has 2 atom stereocenters. The molecule has 1 aromatic heterocycles. The number of carbonyl (C=O) groups excluding carboxylic acids is 4. The van der Waals surface area contributed by atoms with Crippen LogP contribution in [-0.2, 0) is 55.9 Å². The molecule has 2 unspecified atom stereocenters. The molecule has 0 spiro atoms. The molecule has 2 aromatic carbocycles. The van der Waals surface area contributed by atoms with Gasteiger partial charge >= 0.3 is 0 Å². The molecule has 16 heteroatoms. The van der Waals surface area contributed by atoms with Crippen molar-refractivity contribution in [3.63, 3.8) is 0 Å². The fourth-order valence-corrected chi connectivity index (χ4v) is 6.06. The third kappa shape index (κ3) is 7.89. The fraction of sp³-hybridized carbons (Fsp3) is 0.182. The molecule has 0 aliphatic carbocycles. The molecule has 1 aliphatic heterocycles. The third-order valence-corrected chi connectivity index (χ3v) is 9.32. The zero-order valence-electron chi connectivity index (χ0n) is 26.2. The van der Waals surface area contributed by atoms with E-state index < -0.39 is 62.8 Å². The molecule has 4 amide bonds. The summed E-state index contributed by atoms with van der Waals surface area (Å²) in [5, 5.41) is 10.8. The van der Waals surface area contributed by atoms with E-state index in [1.807, 2.05) is 0 Å². The number of benzene rings is 2. The van der Waals surface area contributed by atoms with Gasteiger partial charge in [-0.25, -0.2) is 8.42 Å². The van der Waals surface area contributed by atoms with Crippen molar-refractivity contribution in [1.82, 2.24) is 9.47 Å². The summed E-state index contributed by atoms with van der Waals surface area (Å²) in [6, 6.07) is 12.1. The second kappa shape index (κ2) is 15.3. The van der Waals surface area contributed by atoms with Gasteiger partial charge in [0.2, 0.25) is 5.88 Å². The number of carbonyl (C=O) groups is 4. The Kier molecular flexibility index (Phi) is 11.4. The van der Waals surface area contributed by atoms with Gasteiger partial charge < -0.3 is 25.7 Å².